The maximum absolute atomic E-state index is 14.5. The van der Waals surface area contributed by atoms with Crippen molar-refractivity contribution in [2.75, 3.05) is 25.0 Å². The van der Waals surface area contributed by atoms with Gasteiger partial charge >= 0.3 is 0 Å². The molecule has 2 aromatic carbocycles. The van der Waals surface area contributed by atoms with Crippen LogP contribution in [0, 0.1) is 21.0 Å². The summed E-state index contributed by atoms with van der Waals surface area (Å²) in [4.78, 5) is 14.5. The zero-order chi connectivity index (χ0) is 22.4. The number of rotatable bonds is 10. The second kappa shape index (κ2) is 11.2. The van der Waals surface area contributed by atoms with Gasteiger partial charge in [-0.3, -0.25) is 4.79 Å². The van der Waals surface area contributed by atoms with Gasteiger partial charge in [-0.1, -0.05) is 32.6 Å². The Bertz CT molecular complexity index is 919. The van der Waals surface area contributed by atoms with Crippen molar-refractivity contribution in [1.29, 1.82) is 0 Å². The van der Waals surface area contributed by atoms with Crippen LogP contribution in [0.2, 0.25) is 0 Å². The number of likely N-dealkylation sites (tertiary alicyclic amines) is 1. The minimum Gasteiger partial charge on any atom is -0.350 e. The van der Waals surface area contributed by atoms with Crippen LogP contribution >= 0.6 is 22.6 Å². The lowest BCUT2D eigenvalue weighted by atomic mass is 10.0. The number of hydrogen-bond acceptors (Lipinski definition) is 3. The normalized spacial score (nSPS) is 13.9. The minimum absolute atomic E-state index is 0.0186. The second-order valence-electron chi connectivity index (χ2n) is 7.81. The van der Waals surface area contributed by atoms with Gasteiger partial charge in [-0.25, -0.2) is 13.2 Å². The largest absolute Gasteiger partial charge is 0.350 e. The molecular weight excluding hydrogens is 518 g/mol. The van der Waals surface area contributed by atoms with Gasteiger partial charge in [0.1, 0.15) is 5.82 Å². The fourth-order valence-corrected chi connectivity index (χ4v) is 4.01. The van der Waals surface area contributed by atoms with Gasteiger partial charge in [0.25, 0.3) is 5.91 Å². The lowest BCUT2D eigenvalue weighted by Crippen LogP contribution is -2.60. The lowest BCUT2D eigenvalue weighted by molar-refractivity contribution is 0.0568. The van der Waals surface area contributed by atoms with Crippen molar-refractivity contribution in [1.82, 2.24) is 10.2 Å². The summed E-state index contributed by atoms with van der Waals surface area (Å²) in [5, 5.41) is 6.00. The van der Waals surface area contributed by atoms with Crippen LogP contribution in [0.5, 0.6) is 0 Å². The van der Waals surface area contributed by atoms with E-state index in [4.69, 9.17) is 0 Å². The van der Waals surface area contributed by atoms with E-state index in [0.29, 0.717) is 16.7 Å². The summed E-state index contributed by atoms with van der Waals surface area (Å²) in [6, 6.07) is 6.70. The molecule has 1 aliphatic rings. The standard InChI is InChI=1S/C23H27F3IN3O/c1-2-3-4-5-6-11-28-16-13-30(14-16)23(31)17-8-9-18(24)21(26)22(17)29-20-10-7-15(27)12-19(20)25/h7-10,12,16,28-29H,2-6,11,13-14H2,1H3. The van der Waals surface area contributed by atoms with Gasteiger partial charge in [-0.05, 0) is 65.9 Å². The van der Waals surface area contributed by atoms with Crippen molar-refractivity contribution in [3.63, 3.8) is 0 Å². The summed E-state index contributed by atoms with van der Waals surface area (Å²) in [6.45, 7) is 4.10. The minimum atomic E-state index is -1.20. The average Bonchev–Trinajstić information content (AvgIpc) is 2.71. The summed E-state index contributed by atoms with van der Waals surface area (Å²) in [5.41, 5.74) is -0.391. The van der Waals surface area contributed by atoms with E-state index in [1.54, 1.807) is 11.0 Å². The quantitative estimate of drug-likeness (QED) is 0.292. The van der Waals surface area contributed by atoms with E-state index >= 15 is 0 Å². The van der Waals surface area contributed by atoms with Gasteiger partial charge in [0.05, 0.1) is 16.9 Å². The first kappa shape index (κ1) is 23.8. The smallest absolute Gasteiger partial charge is 0.256 e. The maximum Gasteiger partial charge on any atom is 0.256 e. The molecule has 0 saturated carbocycles. The highest BCUT2D eigenvalue weighted by atomic mass is 127. The summed E-state index contributed by atoms with van der Waals surface area (Å²) < 4.78 is 43.3. The number of halogens is 4. The number of unbranched alkanes of at least 4 members (excludes halogenated alkanes) is 4. The number of anilines is 2. The molecule has 0 aliphatic carbocycles. The molecule has 4 nitrogen and oxygen atoms in total. The van der Waals surface area contributed by atoms with Crippen molar-refractivity contribution < 1.29 is 18.0 Å². The number of nitrogens with zero attached hydrogens (tertiary/aromatic N) is 1. The molecule has 0 radical (unpaired) electrons. The van der Waals surface area contributed by atoms with Crippen LogP contribution in [0.25, 0.3) is 0 Å². The monoisotopic (exact) mass is 545 g/mol. The van der Waals surface area contributed by atoms with Crippen LogP contribution in [0.3, 0.4) is 0 Å². The Balaban J connectivity index is 1.62. The summed E-state index contributed by atoms with van der Waals surface area (Å²) in [7, 11) is 0. The molecule has 0 unspecified atom stereocenters. The molecule has 0 spiro atoms. The molecule has 3 rings (SSSR count). The molecular formula is C23H27F3IN3O. The summed E-state index contributed by atoms with van der Waals surface area (Å²) >= 11 is 1.95. The van der Waals surface area contributed by atoms with E-state index in [1.807, 2.05) is 22.6 Å². The number of nitrogens with one attached hydrogen (secondary N) is 2. The highest BCUT2D eigenvalue weighted by Gasteiger charge is 2.33. The first-order chi connectivity index (χ1) is 14.9. The third kappa shape index (κ3) is 6.12. The van der Waals surface area contributed by atoms with Crippen LogP contribution in [-0.2, 0) is 0 Å². The summed E-state index contributed by atoms with van der Waals surface area (Å²) in [5.74, 6) is -3.32. The van der Waals surface area contributed by atoms with Crippen LogP contribution in [0.1, 0.15) is 49.4 Å². The van der Waals surface area contributed by atoms with E-state index in [9.17, 15) is 18.0 Å². The molecule has 168 valence electrons. The van der Waals surface area contributed by atoms with Crippen molar-refractivity contribution in [2.24, 2.45) is 0 Å². The fraction of sp³-hybridized carbons (Fsp3) is 0.435. The summed E-state index contributed by atoms with van der Waals surface area (Å²) in [6.07, 6.45) is 5.99. The van der Waals surface area contributed by atoms with Crippen molar-refractivity contribution >= 4 is 39.9 Å². The maximum atomic E-state index is 14.5. The van der Waals surface area contributed by atoms with E-state index in [1.165, 1.54) is 43.9 Å². The van der Waals surface area contributed by atoms with Crippen LogP contribution in [-0.4, -0.2) is 36.5 Å². The highest BCUT2D eigenvalue weighted by Crippen LogP contribution is 2.30. The molecule has 8 heteroatoms. The highest BCUT2D eigenvalue weighted by molar-refractivity contribution is 14.1. The molecule has 1 aliphatic heterocycles. The Kier molecular flexibility index (Phi) is 8.59. The SMILES string of the molecule is CCCCCCCNC1CN(C(=O)c2ccc(F)c(F)c2Nc2ccc(I)cc2F)C1. The van der Waals surface area contributed by atoms with Gasteiger partial charge in [-0.15, -0.1) is 0 Å². The number of benzene rings is 2. The number of carbonyl (C=O) groups is 1. The molecule has 0 aromatic heterocycles. The molecule has 1 saturated heterocycles. The molecule has 1 amide bonds. The fourth-order valence-electron chi connectivity index (χ4n) is 3.56. The zero-order valence-corrected chi connectivity index (χ0v) is 19.6. The van der Waals surface area contributed by atoms with Gasteiger partial charge in [0.15, 0.2) is 11.6 Å². The van der Waals surface area contributed by atoms with Crippen molar-refractivity contribution in [3.8, 4) is 0 Å². The molecule has 31 heavy (non-hydrogen) atoms. The molecule has 0 atom stereocenters. The first-order valence-corrected chi connectivity index (χ1v) is 11.7. The second-order valence-corrected chi connectivity index (χ2v) is 9.05. The van der Waals surface area contributed by atoms with Gasteiger partial charge < -0.3 is 15.5 Å². The predicted octanol–water partition coefficient (Wildman–Crippen LogP) is 5.84. The Labute approximate surface area is 194 Å². The van der Waals surface area contributed by atoms with Crippen LogP contribution in [0.4, 0.5) is 24.5 Å². The Morgan fingerprint density at radius 2 is 1.81 bits per heavy atom. The lowest BCUT2D eigenvalue weighted by Gasteiger charge is -2.40. The third-order valence-electron chi connectivity index (χ3n) is 5.40. The van der Waals surface area contributed by atoms with E-state index in [-0.39, 0.29) is 23.0 Å². The molecule has 2 N–H and O–H groups in total. The third-order valence-corrected chi connectivity index (χ3v) is 6.07. The molecule has 1 fully saturated rings. The topological polar surface area (TPSA) is 44.4 Å². The first-order valence-electron chi connectivity index (χ1n) is 10.6. The Morgan fingerprint density at radius 3 is 2.52 bits per heavy atom. The Morgan fingerprint density at radius 1 is 1.06 bits per heavy atom. The predicted molar refractivity (Wildman–Crippen MR) is 125 cm³/mol. The molecule has 1 heterocycles. The van der Waals surface area contributed by atoms with Crippen molar-refractivity contribution in [2.45, 2.75) is 45.1 Å². The van der Waals surface area contributed by atoms with E-state index in [0.717, 1.165) is 19.0 Å². The average molecular weight is 545 g/mol. The number of amides is 1. The van der Waals surface area contributed by atoms with Crippen LogP contribution in [0.15, 0.2) is 30.3 Å². The number of carbonyl (C=O) groups excluding carboxylic acids is 1. The van der Waals surface area contributed by atoms with E-state index < -0.39 is 23.4 Å². The zero-order valence-electron chi connectivity index (χ0n) is 17.5. The van der Waals surface area contributed by atoms with Gasteiger partial charge in [-0.2, -0.15) is 0 Å². The Hall–Kier alpha value is -1.81. The van der Waals surface area contributed by atoms with Gasteiger partial charge in [0, 0.05) is 22.7 Å². The molecule has 0 bridgehead atoms. The van der Waals surface area contributed by atoms with Crippen molar-refractivity contribution in [3.05, 3.63) is 56.9 Å². The molecule has 2 aromatic rings. The van der Waals surface area contributed by atoms with Gasteiger partial charge in [0.2, 0.25) is 0 Å². The number of hydrogen-bond donors (Lipinski definition) is 2. The van der Waals surface area contributed by atoms with Crippen LogP contribution < -0.4 is 10.6 Å². The van der Waals surface area contributed by atoms with E-state index in [2.05, 4.69) is 17.6 Å².